The average Bonchev–Trinajstić information content (AvgIpc) is 2.85. The molecule has 0 aliphatic rings. The summed E-state index contributed by atoms with van der Waals surface area (Å²) in [6.45, 7) is 6.96. The van der Waals surface area contributed by atoms with Gasteiger partial charge in [-0.2, -0.15) is 0 Å². The Labute approximate surface area is 222 Å². The summed E-state index contributed by atoms with van der Waals surface area (Å²) in [5, 5.41) is 0. The van der Waals surface area contributed by atoms with Crippen molar-refractivity contribution in [1.82, 2.24) is 0 Å². The maximum Gasteiger partial charge on any atom is 0.108 e. The van der Waals surface area contributed by atoms with Gasteiger partial charge in [-0.1, -0.05) is 156 Å². The molecule has 0 aliphatic carbocycles. The average molecular weight is 498 g/mol. The van der Waals surface area contributed by atoms with E-state index in [1.807, 2.05) is 0 Å². The second-order valence-corrected chi connectivity index (χ2v) is 13.7. The van der Waals surface area contributed by atoms with Gasteiger partial charge in [-0.25, -0.2) is 0 Å². The third-order valence-corrected chi connectivity index (χ3v) is 10.2. The van der Waals surface area contributed by atoms with Gasteiger partial charge in [-0.05, 0) is 49.4 Å². The van der Waals surface area contributed by atoms with Crippen molar-refractivity contribution in [2.45, 2.75) is 194 Å². The van der Waals surface area contributed by atoms with Crippen molar-refractivity contribution >= 4 is 10.9 Å². The summed E-state index contributed by atoms with van der Waals surface area (Å²) in [6.07, 6.45) is 39.8. The molecule has 0 unspecified atom stereocenters. The highest BCUT2D eigenvalue weighted by molar-refractivity contribution is 7.96. The number of unbranched alkanes of at least 4 members (excludes halogenated alkanes) is 24. The molecule has 0 bridgehead atoms. The van der Waals surface area contributed by atoms with Crippen molar-refractivity contribution in [3.05, 3.63) is 0 Å². The van der Waals surface area contributed by atoms with Crippen molar-refractivity contribution in [3.63, 3.8) is 0 Å². The van der Waals surface area contributed by atoms with Crippen LogP contribution in [-0.4, -0.2) is 17.3 Å². The summed E-state index contributed by atoms with van der Waals surface area (Å²) in [5.41, 5.74) is 0. The third kappa shape index (κ3) is 28.6. The lowest BCUT2D eigenvalue weighted by Gasteiger charge is -2.10. The summed E-state index contributed by atoms with van der Waals surface area (Å²) >= 11 is 0. The maximum atomic E-state index is 2.32. The molecule has 0 aromatic heterocycles. The molecular weight excluding hydrogens is 428 g/mol. The second kappa shape index (κ2) is 31.4. The molecule has 0 rings (SSSR count). The molecule has 0 aliphatic heterocycles. The molecule has 1 heteroatoms. The molecular formula is C33H69S+. The molecule has 206 valence electrons. The van der Waals surface area contributed by atoms with Gasteiger partial charge in [-0.3, -0.25) is 0 Å². The number of hydrogen-bond acceptors (Lipinski definition) is 0. The minimum absolute atomic E-state index is 0.741. The van der Waals surface area contributed by atoms with Crippen LogP contribution in [0.2, 0.25) is 0 Å². The zero-order chi connectivity index (χ0) is 24.8. The lowest BCUT2D eigenvalue weighted by molar-refractivity contribution is 0.570. The molecule has 0 amide bonds. The Morgan fingerprint density at radius 1 is 0.235 bits per heavy atom. The summed E-state index contributed by atoms with van der Waals surface area (Å²) in [4.78, 5) is 0. The largest absolute Gasteiger partial charge is 0.108 e. The first kappa shape index (κ1) is 34.4. The zero-order valence-corrected chi connectivity index (χ0v) is 25.4. The van der Waals surface area contributed by atoms with Gasteiger partial charge >= 0.3 is 0 Å². The predicted octanol–water partition coefficient (Wildman–Crippen LogP) is 12.2. The standard InChI is InChI=1S/C33H69S/c1-4-7-10-13-16-19-22-25-28-31-34(32-29-26-23-20-17-14-11-8-5-2)33-30-27-24-21-18-15-12-9-6-3/h4-33H2,1-3H3/q+1. The SMILES string of the molecule is CCCCCCCCCCC[S+](CCCCCCCCCCC)CCCCCCCCCCC. The molecule has 0 radical (unpaired) electrons. The summed E-state index contributed by atoms with van der Waals surface area (Å²) in [6, 6.07) is 0. The van der Waals surface area contributed by atoms with E-state index in [2.05, 4.69) is 20.8 Å². The number of hydrogen-bond donors (Lipinski definition) is 0. The Bertz CT molecular complexity index is 287. The highest BCUT2D eigenvalue weighted by atomic mass is 32.2. The van der Waals surface area contributed by atoms with Crippen LogP contribution in [0, 0.1) is 0 Å². The first-order chi connectivity index (χ1) is 16.8. The number of rotatable bonds is 30. The molecule has 0 spiro atoms. The molecule has 34 heavy (non-hydrogen) atoms. The third-order valence-electron chi connectivity index (χ3n) is 7.61. The van der Waals surface area contributed by atoms with Crippen LogP contribution in [-0.2, 0) is 10.9 Å². The lowest BCUT2D eigenvalue weighted by atomic mass is 10.1. The summed E-state index contributed by atoms with van der Waals surface area (Å²) in [7, 11) is 0.741. The van der Waals surface area contributed by atoms with E-state index in [4.69, 9.17) is 0 Å². The van der Waals surface area contributed by atoms with E-state index in [1.54, 1.807) is 17.3 Å². The van der Waals surface area contributed by atoms with Gasteiger partial charge in [0.1, 0.15) is 17.3 Å². The van der Waals surface area contributed by atoms with E-state index >= 15 is 0 Å². The van der Waals surface area contributed by atoms with Gasteiger partial charge in [0.05, 0.1) is 0 Å². The van der Waals surface area contributed by atoms with Crippen LogP contribution in [0.4, 0.5) is 0 Å². The lowest BCUT2D eigenvalue weighted by Crippen LogP contribution is -2.17. The van der Waals surface area contributed by atoms with E-state index in [0.717, 1.165) is 10.9 Å². The van der Waals surface area contributed by atoms with Crippen LogP contribution < -0.4 is 0 Å². The topological polar surface area (TPSA) is 0 Å². The van der Waals surface area contributed by atoms with E-state index in [0.29, 0.717) is 0 Å². The molecule has 0 aromatic carbocycles. The van der Waals surface area contributed by atoms with Gasteiger partial charge in [0.25, 0.3) is 0 Å². The van der Waals surface area contributed by atoms with Gasteiger partial charge in [0, 0.05) is 0 Å². The van der Waals surface area contributed by atoms with Crippen LogP contribution in [0.1, 0.15) is 194 Å². The van der Waals surface area contributed by atoms with Crippen LogP contribution in [0.3, 0.4) is 0 Å². The normalized spacial score (nSPS) is 11.6. The van der Waals surface area contributed by atoms with Crippen molar-refractivity contribution in [3.8, 4) is 0 Å². The van der Waals surface area contributed by atoms with Crippen molar-refractivity contribution in [2.24, 2.45) is 0 Å². The maximum absolute atomic E-state index is 2.32. The van der Waals surface area contributed by atoms with Crippen LogP contribution in [0.25, 0.3) is 0 Å². The minimum atomic E-state index is 0.741. The Hall–Kier alpha value is 0.350. The molecule has 0 aromatic rings. The first-order valence-electron chi connectivity index (χ1n) is 16.5. The monoisotopic (exact) mass is 498 g/mol. The molecule has 0 fully saturated rings. The van der Waals surface area contributed by atoms with E-state index < -0.39 is 0 Å². The highest BCUT2D eigenvalue weighted by Crippen LogP contribution is 2.16. The fourth-order valence-corrected chi connectivity index (χ4v) is 7.61. The molecule has 0 N–H and O–H groups in total. The summed E-state index contributed by atoms with van der Waals surface area (Å²) in [5.74, 6) is 4.68. The quantitative estimate of drug-likeness (QED) is 0.0683. The van der Waals surface area contributed by atoms with E-state index in [1.165, 1.54) is 173 Å². The first-order valence-corrected chi connectivity index (χ1v) is 18.2. The smallest absolute Gasteiger partial charge is 0.0654 e. The van der Waals surface area contributed by atoms with Gasteiger partial charge in [0.2, 0.25) is 0 Å². The van der Waals surface area contributed by atoms with Crippen LogP contribution >= 0.6 is 0 Å². The van der Waals surface area contributed by atoms with Crippen LogP contribution in [0.15, 0.2) is 0 Å². The fraction of sp³-hybridized carbons (Fsp3) is 1.00. The Balaban J connectivity index is 3.85. The minimum Gasteiger partial charge on any atom is -0.0654 e. The van der Waals surface area contributed by atoms with Crippen LogP contribution in [0.5, 0.6) is 0 Å². The van der Waals surface area contributed by atoms with Gasteiger partial charge in [-0.15, -0.1) is 0 Å². The Morgan fingerprint density at radius 2 is 0.412 bits per heavy atom. The fourth-order valence-electron chi connectivity index (χ4n) is 5.16. The van der Waals surface area contributed by atoms with E-state index in [9.17, 15) is 0 Å². The van der Waals surface area contributed by atoms with Crippen molar-refractivity contribution in [1.29, 1.82) is 0 Å². The van der Waals surface area contributed by atoms with Gasteiger partial charge in [0.15, 0.2) is 0 Å². The Morgan fingerprint density at radius 3 is 0.618 bits per heavy atom. The summed E-state index contributed by atoms with van der Waals surface area (Å²) < 4.78 is 0. The Kier molecular flexibility index (Phi) is 31.7. The molecule has 0 atom stereocenters. The van der Waals surface area contributed by atoms with Crippen molar-refractivity contribution < 1.29 is 0 Å². The van der Waals surface area contributed by atoms with E-state index in [-0.39, 0.29) is 0 Å². The zero-order valence-electron chi connectivity index (χ0n) is 24.6. The molecule has 0 heterocycles. The highest BCUT2D eigenvalue weighted by Gasteiger charge is 2.16. The second-order valence-electron chi connectivity index (χ2n) is 11.2. The van der Waals surface area contributed by atoms with Crippen molar-refractivity contribution in [2.75, 3.05) is 17.3 Å². The van der Waals surface area contributed by atoms with Gasteiger partial charge < -0.3 is 0 Å². The molecule has 0 nitrogen and oxygen atoms in total. The molecule has 0 saturated heterocycles. The predicted molar refractivity (Wildman–Crippen MR) is 164 cm³/mol. The molecule has 0 saturated carbocycles.